The van der Waals surface area contributed by atoms with Crippen molar-refractivity contribution in [2.24, 2.45) is 0 Å². The number of sulfonamides is 1. The molecule has 0 aliphatic rings. The molecule has 0 bridgehead atoms. The van der Waals surface area contributed by atoms with Gasteiger partial charge in [-0.15, -0.1) is 0 Å². The second kappa shape index (κ2) is 9.01. The Hall–Kier alpha value is -3.99. The maximum absolute atomic E-state index is 12.3. The van der Waals surface area contributed by atoms with Crippen molar-refractivity contribution in [3.05, 3.63) is 72.6 Å². The Bertz CT molecular complexity index is 1130. The van der Waals surface area contributed by atoms with E-state index in [0.717, 1.165) is 0 Å². The number of ether oxygens (including phenoxy) is 1. The Labute approximate surface area is 172 Å². The number of benzene rings is 2. The van der Waals surface area contributed by atoms with Crippen LogP contribution in [-0.4, -0.2) is 37.4 Å². The van der Waals surface area contributed by atoms with Crippen LogP contribution >= 0.6 is 0 Å². The van der Waals surface area contributed by atoms with Gasteiger partial charge < -0.3 is 10.1 Å². The molecule has 154 valence electrons. The van der Waals surface area contributed by atoms with Gasteiger partial charge in [0, 0.05) is 23.6 Å². The van der Waals surface area contributed by atoms with E-state index in [1.54, 1.807) is 18.2 Å². The Balaban J connectivity index is 1.60. The second-order valence-electron chi connectivity index (χ2n) is 5.84. The zero-order valence-electron chi connectivity index (χ0n) is 15.7. The lowest BCUT2D eigenvalue weighted by Gasteiger charge is -2.09. The Morgan fingerprint density at radius 3 is 2.17 bits per heavy atom. The summed E-state index contributed by atoms with van der Waals surface area (Å²) in [5, 5.41) is 4.64. The van der Waals surface area contributed by atoms with E-state index >= 15 is 0 Å². The summed E-state index contributed by atoms with van der Waals surface area (Å²) in [5.41, 5.74) is 0.575. The van der Waals surface area contributed by atoms with Gasteiger partial charge in [0.15, 0.2) is 0 Å². The lowest BCUT2D eigenvalue weighted by atomic mass is 10.2. The van der Waals surface area contributed by atoms with Crippen molar-refractivity contribution in [3.63, 3.8) is 0 Å². The number of imide groups is 1. The third-order valence-electron chi connectivity index (χ3n) is 3.79. The fourth-order valence-electron chi connectivity index (χ4n) is 2.33. The molecule has 0 radical (unpaired) electrons. The summed E-state index contributed by atoms with van der Waals surface area (Å²) in [6, 6.07) is 12.4. The standard InChI is InChI=1S/C19H17N5O5S/c1-29-15-7-3-13(4-8-15)17(25)23-19(26)22-14-5-9-16(10-6-14)30(27,28)24-18-20-11-2-12-21-18/h2-12H,1H3,(H,20,21,24)(H2,22,23,25,26). The molecule has 0 fully saturated rings. The molecule has 1 heterocycles. The van der Waals surface area contributed by atoms with Gasteiger partial charge in [-0.25, -0.2) is 27.9 Å². The van der Waals surface area contributed by atoms with Gasteiger partial charge >= 0.3 is 6.03 Å². The minimum Gasteiger partial charge on any atom is -0.497 e. The van der Waals surface area contributed by atoms with Crippen LogP contribution in [0.25, 0.3) is 0 Å². The van der Waals surface area contributed by atoms with Gasteiger partial charge in [0.05, 0.1) is 12.0 Å². The van der Waals surface area contributed by atoms with E-state index in [1.807, 2.05) is 0 Å². The Kier molecular flexibility index (Phi) is 6.23. The van der Waals surface area contributed by atoms with Crippen LogP contribution in [0.5, 0.6) is 5.75 Å². The summed E-state index contributed by atoms with van der Waals surface area (Å²) in [4.78, 5) is 31.7. The van der Waals surface area contributed by atoms with Crippen molar-refractivity contribution in [2.45, 2.75) is 4.90 Å². The van der Waals surface area contributed by atoms with E-state index in [-0.39, 0.29) is 16.4 Å². The Morgan fingerprint density at radius 1 is 0.933 bits per heavy atom. The van der Waals surface area contributed by atoms with Gasteiger partial charge in [-0.05, 0) is 54.6 Å². The highest BCUT2D eigenvalue weighted by molar-refractivity contribution is 7.92. The first-order valence-corrected chi connectivity index (χ1v) is 10.0. The topological polar surface area (TPSA) is 139 Å². The summed E-state index contributed by atoms with van der Waals surface area (Å²) in [7, 11) is -2.38. The summed E-state index contributed by atoms with van der Waals surface area (Å²) in [6.45, 7) is 0. The number of hydrogen-bond donors (Lipinski definition) is 3. The third kappa shape index (κ3) is 5.29. The molecule has 1 aromatic heterocycles. The molecule has 0 saturated carbocycles. The minimum atomic E-state index is -3.89. The number of carbonyl (C=O) groups is 2. The smallest absolute Gasteiger partial charge is 0.326 e. The molecular formula is C19H17N5O5S. The van der Waals surface area contributed by atoms with Gasteiger partial charge in [-0.2, -0.15) is 0 Å². The minimum absolute atomic E-state index is 0.0461. The number of amides is 3. The maximum atomic E-state index is 12.3. The predicted octanol–water partition coefficient (Wildman–Crippen LogP) is 2.25. The highest BCUT2D eigenvalue weighted by Gasteiger charge is 2.16. The lowest BCUT2D eigenvalue weighted by Crippen LogP contribution is -2.34. The molecular weight excluding hydrogens is 410 g/mol. The number of methoxy groups -OCH3 is 1. The van der Waals surface area contributed by atoms with Gasteiger partial charge in [-0.3, -0.25) is 10.1 Å². The number of urea groups is 1. The molecule has 3 N–H and O–H groups in total. The lowest BCUT2D eigenvalue weighted by molar-refractivity contribution is 0.0967. The van der Waals surface area contributed by atoms with Crippen LogP contribution in [0.15, 0.2) is 71.9 Å². The van der Waals surface area contributed by atoms with Gasteiger partial charge in [0.2, 0.25) is 5.95 Å². The van der Waals surface area contributed by atoms with Crippen LogP contribution in [0, 0.1) is 0 Å². The van der Waals surface area contributed by atoms with Gasteiger partial charge in [-0.1, -0.05) is 0 Å². The number of anilines is 2. The SMILES string of the molecule is COc1ccc(C(=O)NC(=O)Nc2ccc(S(=O)(=O)Nc3ncccn3)cc2)cc1. The number of rotatable bonds is 6. The van der Waals surface area contributed by atoms with Crippen molar-refractivity contribution >= 4 is 33.6 Å². The normalized spacial score (nSPS) is 10.7. The van der Waals surface area contributed by atoms with Crippen molar-refractivity contribution in [2.75, 3.05) is 17.1 Å². The van der Waals surface area contributed by atoms with Crippen molar-refractivity contribution in [3.8, 4) is 5.75 Å². The number of nitrogens with zero attached hydrogens (tertiary/aromatic N) is 2. The van der Waals surface area contributed by atoms with E-state index in [2.05, 4.69) is 25.3 Å². The first-order chi connectivity index (χ1) is 14.4. The Morgan fingerprint density at radius 2 is 1.57 bits per heavy atom. The quantitative estimate of drug-likeness (QED) is 0.548. The first kappa shape index (κ1) is 20.7. The monoisotopic (exact) mass is 427 g/mol. The van der Waals surface area contributed by atoms with Crippen LogP contribution < -0.4 is 20.1 Å². The van der Waals surface area contributed by atoms with E-state index in [1.165, 1.54) is 55.9 Å². The number of hydrogen-bond acceptors (Lipinski definition) is 7. The predicted molar refractivity (Wildman–Crippen MR) is 109 cm³/mol. The molecule has 0 aliphatic carbocycles. The average Bonchev–Trinajstić information content (AvgIpc) is 2.74. The summed E-state index contributed by atoms with van der Waals surface area (Å²) in [6.07, 6.45) is 2.81. The molecule has 0 atom stereocenters. The molecule has 0 spiro atoms. The average molecular weight is 427 g/mol. The van der Waals surface area contributed by atoms with Gasteiger partial charge in [0.25, 0.3) is 15.9 Å². The van der Waals surface area contributed by atoms with E-state index < -0.39 is 22.0 Å². The molecule has 11 heteroatoms. The molecule has 0 saturated heterocycles. The molecule has 0 unspecified atom stereocenters. The van der Waals surface area contributed by atoms with Crippen molar-refractivity contribution in [1.82, 2.24) is 15.3 Å². The summed E-state index contributed by atoms with van der Waals surface area (Å²) >= 11 is 0. The zero-order valence-corrected chi connectivity index (χ0v) is 16.5. The van der Waals surface area contributed by atoms with Crippen LogP contribution in [0.1, 0.15) is 10.4 Å². The van der Waals surface area contributed by atoms with Crippen molar-refractivity contribution < 1.29 is 22.7 Å². The summed E-state index contributed by atoms with van der Waals surface area (Å²) in [5.74, 6) is -0.0723. The molecule has 0 aliphatic heterocycles. The van der Waals surface area contributed by atoms with Crippen LogP contribution in [-0.2, 0) is 10.0 Å². The van der Waals surface area contributed by atoms with Crippen molar-refractivity contribution in [1.29, 1.82) is 0 Å². The van der Waals surface area contributed by atoms with Crippen LogP contribution in [0.4, 0.5) is 16.4 Å². The molecule has 3 rings (SSSR count). The second-order valence-corrected chi connectivity index (χ2v) is 7.52. The highest BCUT2D eigenvalue weighted by atomic mass is 32.2. The molecule has 10 nitrogen and oxygen atoms in total. The molecule has 3 amide bonds. The molecule has 30 heavy (non-hydrogen) atoms. The largest absolute Gasteiger partial charge is 0.497 e. The number of aromatic nitrogens is 2. The first-order valence-electron chi connectivity index (χ1n) is 8.54. The highest BCUT2D eigenvalue weighted by Crippen LogP contribution is 2.16. The van der Waals surface area contributed by atoms with E-state index in [0.29, 0.717) is 11.4 Å². The maximum Gasteiger partial charge on any atom is 0.326 e. The number of nitrogens with one attached hydrogen (secondary N) is 3. The molecule has 3 aromatic rings. The van der Waals surface area contributed by atoms with Crippen LogP contribution in [0.2, 0.25) is 0 Å². The fourth-order valence-corrected chi connectivity index (χ4v) is 3.29. The van der Waals surface area contributed by atoms with E-state index in [9.17, 15) is 18.0 Å². The van der Waals surface area contributed by atoms with Gasteiger partial charge in [0.1, 0.15) is 5.75 Å². The fraction of sp³-hybridized carbons (Fsp3) is 0.0526. The third-order valence-corrected chi connectivity index (χ3v) is 5.14. The van der Waals surface area contributed by atoms with Crippen LogP contribution in [0.3, 0.4) is 0 Å². The number of carbonyl (C=O) groups excluding carboxylic acids is 2. The molecule has 2 aromatic carbocycles. The van der Waals surface area contributed by atoms with E-state index in [4.69, 9.17) is 4.74 Å². The summed E-state index contributed by atoms with van der Waals surface area (Å²) < 4.78 is 31.9. The zero-order chi connectivity index (χ0) is 21.6.